The van der Waals surface area contributed by atoms with Gasteiger partial charge in [0.1, 0.15) is 24.0 Å². The number of carbonyl (C=O) groups is 2. The number of hydrogen-bond acceptors (Lipinski definition) is 4. The maximum atomic E-state index is 13.5. The Kier molecular flexibility index (Phi) is 4.84. The highest BCUT2D eigenvalue weighted by molar-refractivity contribution is 7.80. The van der Waals surface area contributed by atoms with Gasteiger partial charge >= 0.3 is 12.0 Å². The zero-order chi connectivity index (χ0) is 17.4. The van der Waals surface area contributed by atoms with E-state index in [-0.39, 0.29) is 24.3 Å². The van der Waals surface area contributed by atoms with Crippen molar-refractivity contribution in [1.29, 1.82) is 0 Å². The maximum absolute atomic E-state index is 13.5. The molecule has 2 rings (SSSR count). The minimum atomic E-state index is -1.56. The van der Waals surface area contributed by atoms with Gasteiger partial charge in [0, 0.05) is 12.2 Å². The van der Waals surface area contributed by atoms with E-state index >= 15 is 0 Å². The molecule has 0 spiro atoms. The molecule has 126 valence electrons. The molecule has 1 aliphatic rings. The molecule has 7 heteroatoms. The number of quaternary nitrogens is 1. The van der Waals surface area contributed by atoms with Crippen LogP contribution in [0, 0.1) is 11.7 Å². The summed E-state index contributed by atoms with van der Waals surface area (Å²) in [6.45, 7) is 2.92. The molecule has 5 nitrogen and oxygen atoms in total. The number of likely N-dealkylation sites (tertiary alicyclic amines) is 1. The molecule has 0 aromatic heterocycles. The second-order valence-electron chi connectivity index (χ2n) is 6.33. The molecule has 1 fully saturated rings. The lowest BCUT2D eigenvalue weighted by atomic mass is 9.91. The summed E-state index contributed by atoms with van der Waals surface area (Å²) in [5.41, 5.74) is -1.27. The average molecular weight is 342 g/mol. The first-order valence-corrected chi connectivity index (χ1v) is 8.05. The van der Waals surface area contributed by atoms with Crippen molar-refractivity contribution >= 4 is 24.6 Å². The molecule has 0 bridgehead atoms. The highest BCUT2D eigenvalue weighted by atomic mass is 32.1. The van der Waals surface area contributed by atoms with Crippen molar-refractivity contribution in [3.8, 4) is 0 Å². The minimum absolute atomic E-state index is 0.0633. The first-order valence-electron chi connectivity index (χ1n) is 7.42. The number of aliphatic hydroxyl groups is 1. The third kappa shape index (κ3) is 2.88. The molecule has 1 aromatic rings. The van der Waals surface area contributed by atoms with E-state index < -0.39 is 39.9 Å². The van der Waals surface area contributed by atoms with Crippen LogP contribution in [0.1, 0.15) is 25.8 Å². The van der Waals surface area contributed by atoms with Crippen LogP contribution in [-0.2, 0) is 10.4 Å². The van der Waals surface area contributed by atoms with E-state index in [9.17, 15) is 24.2 Å². The molecule has 2 amide bonds. The normalized spacial score (nSPS) is 31.8. The lowest BCUT2D eigenvalue weighted by Crippen LogP contribution is -2.61. The van der Waals surface area contributed by atoms with Gasteiger partial charge in [-0.2, -0.15) is 21.9 Å². The molecule has 1 heterocycles. The van der Waals surface area contributed by atoms with Crippen molar-refractivity contribution in [3.63, 3.8) is 0 Å². The van der Waals surface area contributed by atoms with Crippen LogP contribution in [0.15, 0.2) is 24.3 Å². The van der Waals surface area contributed by atoms with Crippen molar-refractivity contribution in [2.75, 3.05) is 12.3 Å². The first kappa shape index (κ1) is 17.9. The predicted molar refractivity (Wildman–Crippen MR) is 85.6 cm³/mol. The Morgan fingerprint density at radius 3 is 2.70 bits per heavy atom. The molecule has 1 saturated heterocycles. The summed E-state index contributed by atoms with van der Waals surface area (Å²) in [5.74, 6) is -1.35. The van der Waals surface area contributed by atoms with Gasteiger partial charge in [0.2, 0.25) is 0 Å². The van der Waals surface area contributed by atoms with Crippen LogP contribution in [0.4, 0.5) is 9.18 Å². The lowest BCUT2D eigenvalue weighted by molar-refractivity contribution is -0.797. The number of hydrogen-bond donors (Lipinski definition) is 3. The molecule has 1 aromatic carbocycles. The van der Waals surface area contributed by atoms with Crippen LogP contribution in [-0.4, -0.2) is 45.0 Å². The van der Waals surface area contributed by atoms with Crippen LogP contribution >= 0.6 is 12.6 Å². The number of amides is 2. The van der Waals surface area contributed by atoms with Gasteiger partial charge in [-0.1, -0.05) is 12.1 Å². The number of nitrogens with zero attached hydrogens (tertiary/aromatic N) is 1. The number of rotatable bonds is 3. The van der Waals surface area contributed by atoms with Crippen LogP contribution in [0.5, 0.6) is 0 Å². The number of imide groups is 1. The molecule has 23 heavy (non-hydrogen) atoms. The Labute approximate surface area is 139 Å². The van der Waals surface area contributed by atoms with Crippen molar-refractivity contribution in [3.05, 3.63) is 35.6 Å². The summed E-state index contributed by atoms with van der Waals surface area (Å²) in [4.78, 5) is 24.6. The fourth-order valence-electron chi connectivity index (χ4n) is 3.38. The van der Waals surface area contributed by atoms with Crippen molar-refractivity contribution < 1.29 is 28.7 Å². The van der Waals surface area contributed by atoms with Gasteiger partial charge in [-0.15, -0.1) is 0 Å². The Morgan fingerprint density at radius 2 is 2.17 bits per heavy atom. The quantitative estimate of drug-likeness (QED) is 0.582. The van der Waals surface area contributed by atoms with Gasteiger partial charge in [0.15, 0.2) is 0 Å². The van der Waals surface area contributed by atoms with Crippen LogP contribution in [0.2, 0.25) is 0 Å². The predicted octanol–water partition coefficient (Wildman–Crippen LogP) is 2.39. The summed E-state index contributed by atoms with van der Waals surface area (Å²) < 4.78 is 12.6. The van der Waals surface area contributed by atoms with E-state index in [1.54, 1.807) is 19.9 Å². The molecule has 0 saturated carbocycles. The molecular weight excluding hydrogens is 321 g/mol. The first-order chi connectivity index (χ1) is 10.7. The molecule has 4 atom stereocenters. The standard InChI is InChI=1S/C16H20FNO4S/c1-10(8-23)14(19)18(15(20)21)9-16(22,7-11(18)2)12-4-3-5-13(17)6-12/h3-6,10-11,22H,7-9H2,1-2H3,(H-,20,21,23)/p+1/t10?,11?,16?,18-/m0/s1. The van der Waals surface area contributed by atoms with Gasteiger partial charge in [0.05, 0.1) is 5.92 Å². The van der Waals surface area contributed by atoms with Gasteiger partial charge in [-0.05, 0) is 31.5 Å². The third-order valence-electron chi connectivity index (χ3n) is 4.69. The molecule has 0 aliphatic carbocycles. The average Bonchev–Trinajstić information content (AvgIpc) is 2.79. The number of thiol groups is 1. The Balaban J connectivity index is 2.48. The molecular formula is C16H21FNO4S+. The second kappa shape index (κ2) is 6.22. The fourth-order valence-corrected chi connectivity index (χ4v) is 3.54. The number of carboxylic acid groups (broad SMARTS) is 1. The zero-order valence-corrected chi connectivity index (χ0v) is 14.0. The topological polar surface area (TPSA) is 74.6 Å². The lowest BCUT2D eigenvalue weighted by Gasteiger charge is -2.32. The Hall–Kier alpha value is -1.44. The number of benzene rings is 1. The summed E-state index contributed by atoms with van der Waals surface area (Å²) >= 11 is 4.07. The molecule has 3 unspecified atom stereocenters. The Morgan fingerprint density at radius 1 is 1.52 bits per heavy atom. The van der Waals surface area contributed by atoms with E-state index in [4.69, 9.17) is 0 Å². The molecule has 1 aliphatic heterocycles. The van der Waals surface area contributed by atoms with Crippen molar-refractivity contribution in [2.45, 2.75) is 31.9 Å². The number of halogens is 1. The highest BCUT2D eigenvalue weighted by Gasteiger charge is 2.63. The van der Waals surface area contributed by atoms with E-state index in [2.05, 4.69) is 12.6 Å². The summed E-state index contributed by atoms with van der Waals surface area (Å²) in [5, 5.41) is 20.7. The molecule has 0 radical (unpaired) electrons. The minimum Gasteiger partial charge on any atom is -0.435 e. The van der Waals surface area contributed by atoms with E-state index in [1.165, 1.54) is 18.2 Å². The smallest absolute Gasteiger partial charge is 0.435 e. The fraction of sp³-hybridized carbons (Fsp3) is 0.500. The zero-order valence-electron chi connectivity index (χ0n) is 13.1. The van der Waals surface area contributed by atoms with Crippen molar-refractivity contribution in [2.24, 2.45) is 5.92 Å². The Bertz CT molecular complexity index is 640. The van der Waals surface area contributed by atoms with E-state index in [1.807, 2.05) is 0 Å². The summed E-state index contributed by atoms with van der Waals surface area (Å²) in [6.07, 6.45) is -1.24. The SMILES string of the molecule is CC(CS)C(=O)[N@+]1(C(=O)O)CC(O)(c2cccc(F)c2)CC1C. The maximum Gasteiger partial charge on any atom is 0.521 e. The van der Waals surface area contributed by atoms with Crippen LogP contribution in [0.25, 0.3) is 0 Å². The third-order valence-corrected chi connectivity index (χ3v) is 5.24. The summed E-state index contributed by atoms with van der Waals surface area (Å²) in [6, 6.07) is 4.80. The summed E-state index contributed by atoms with van der Waals surface area (Å²) in [7, 11) is 0. The second-order valence-corrected chi connectivity index (χ2v) is 6.69. The van der Waals surface area contributed by atoms with Gasteiger partial charge in [-0.3, -0.25) is 0 Å². The van der Waals surface area contributed by atoms with Gasteiger partial charge in [-0.25, -0.2) is 9.18 Å². The van der Waals surface area contributed by atoms with Crippen LogP contribution < -0.4 is 0 Å². The van der Waals surface area contributed by atoms with Crippen LogP contribution in [0.3, 0.4) is 0 Å². The number of carbonyl (C=O) groups excluding carboxylic acids is 1. The van der Waals surface area contributed by atoms with E-state index in [0.717, 1.165) is 0 Å². The monoisotopic (exact) mass is 342 g/mol. The van der Waals surface area contributed by atoms with Crippen molar-refractivity contribution in [1.82, 2.24) is 0 Å². The largest absolute Gasteiger partial charge is 0.521 e. The van der Waals surface area contributed by atoms with Gasteiger partial charge < -0.3 is 10.2 Å². The van der Waals surface area contributed by atoms with Gasteiger partial charge in [0.25, 0.3) is 0 Å². The molecule has 2 N–H and O–H groups in total. The highest BCUT2D eigenvalue weighted by Crippen LogP contribution is 2.42. The van der Waals surface area contributed by atoms with E-state index in [0.29, 0.717) is 0 Å².